The van der Waals surface area contributed by atoms with Gasteiger partial charge in [-0.15, -0.1) is 0 Å². The van der Waals surface area contributed by atoms with Gasteiger partial charge in [-0.3, -0.25) is 0 Å². The molecule has 74 valence electrons. The Balaban J connectivity index is 2.10. The largest absolute Gasteiger partial charge is 0.446 e. The van der Waals surface area contributed by atoms with E-state index in [1.807, 2.05) is 0 Å². The van der Waals surface area contributed by atoms with Crippen LogP contribution in [0, 0.1) is 0 Å². The number of oxazole rings is 1. The smallest absolute Gasteiger partial charge is 0.183 e. The Hall–Kier alpha value is -0.990. The summed E-state index contributed by atoms with van der Waals surface area (Å²) in [7, 11) is 0. The molecule has 0 aliphatic heterocycles. The normalized spacial score (nSPS) is 10.5. The summed E-state index contributed by atoms with van der Waals surface area (Å²) in [4.78, 5) is 3.84. The maximum atomic E-state index is 5.58. The van der Waals surface area contributed by atoms with Crippen molar-refractivity contribution in [2.45, 2.75) is 45.4 Å². The zero-order chi connectivity index (χ0) is 9.52. The second kappa shape index (κ2) is 5.62. The second-order valence-electron chi connectivity index (χ2n) is 3.32. The third kappa shape index (κ3) is 3.49. The van der Waals surface area contributed by atoms with Gasteiger partial charge in [0, 0.05) is 6.42 Å². The molecule has 0 atom stereocenters. The van der Waals surface area contributed by atoms with Gasteiger partial charge in [0.15, 0.2) is 12.2 Å². The van der Waals surface area contributed by atoms with Gasteiger partial charge in [-0.1, -0.05) is 32.6 Å². The summed E-state index contributed by atoms with van der Waals surface area (Å²) in [6.45, 7) is 2.22. The van der Waals surface area contributed by atoms with E-state index in [1.165, 1.54) is 32.1 Å². The lowest BCUT2D eigenvalue weighted by Crippen LogP contribution is -1.91. The molecule has 0 aromatic carbocycles. The van der Waals surface area contributed by atoms with E-state index in [0.29, 0.717) is 5.82 Å². The summed E-state index contributed by atoms with van der Waals surface area (Å²) in [5.41, 5.74) is 5.58. The Bertz CT molecular complexity index is 233. The molecule has 1 heterocycles. The van der Waals surface area contributed by atoms with Crippen molar-refractivity contribution in [2.75, 3.05) is 5.73 Å². The Kier molecular flexibility index (Phi) is 4.36. The van der Waals surface area contributed by atoms with Crippen LogP contribution >= 0.6 is 0 Å². The summed E-state index contributed by atoms with van der Waals surface area (Å²) in [6.07, 6.45) is 8.67. The molecule has 1 rings (SSSR count). The van der Waals surface area contributed by atoms with Gasteiger partial charge in [0.05, 0.1) is 0 Å². The third-order valence-corrected chi connectivity index (χ3v) is 2.18. The fourth-order valence-electron chi connectivity index (χ4n) is 1.36. The number of aromatic nitrogens is 1. The highest BCUT2D eigenvalue weighted by atomic mass is 16.3. The zero-order valence-corrected chi connectivity index (χ0v) is 8.25. The maximum Gasteiger partial charge on any atom is 0.183 e. The lowest BCUT2D eigenvalue weighted by Gasteiger charge is -1.98. The Labute approximate surface area is 79.3 Å². The van der Waals surface area contributed by atoms with Gasteiger partial charge in [-0.25, -0.2) is 0 Å². The molecule has 2 N–H and O–H groups in total. The van der Waals surface area contributed by atoms with Crippen LogP contribution in [0.3, 0.4) is 0 Å². The number of nitrogen functional groups attached to an aromatic ring is 1. The van der Waals surface area contributed by atoms with Gasteiger partial charge in [-0.05, 0) is 6.42 Å². The second-order valence-corrected chi connectivity index (χ2v) is 3.32. The van der Waals surface area contributed by atoms with E-state index in [-0.39, 0.29) is 0 Å². The van der Waals surface area contributed by atoms with Gasteiger partial charge in [0.25, 0.3) is 0 Å². The maximum absolute atomic E-state index is 5.58. The highest BCUT2D eigenvalue weighted by Gasteiger charge is 2.02. The van der Waals surface area contributed by atoms with Gasteiger partial charge in [0.1, 0.15) is 5.76 Å². The molecule has 3 nitrogen and oxygen atoms in total. The van der Waals surface area contributed by atoms with Gasteiger partial charge < -0.3 is 10.2 Å². The van der Waals surface area contributed by atoms with Crippen LogP contribution in [0.2, 0.25) is 0 Å². The molecule has 0 saturated heterocycles. The molecule has 0 aliphatic rings. The molecule has 1 aromatic heterocycles. The molecule has 3 heteroatoms. The minimum absolute atomic E-state index is 0.551. The van der Waals surface area contributed by atoms with E-state index in [0.717, 1.165) is 18.6 Å². The fraction of sp³-hybridized carbons (Fsp3) is 0.700. The first-order chi connectivity index (χ1) is 6.34. The van der Waals surface area contributed by atoms with E-state index in [4.69, 9.17) is 10.2 Å². The summed E-state index contributed by atoms with van der Waals surface area (Å²) in [5, 5.41) is 0. The van der Waals surface area contributed by atoms with E-state index in [9.17, 15) is 0 Å². The molecule has 0 spiro atoms. The van der Waals surface area contributed by atoms with Crippen molar-refractivity contribution in [3.05, 3.63) is 12.2 Å². The van der Waals surface area contributed by atoms with E-state index < -0.39 is 0 Å². The zero-order valence-electron chi connectivity index (χ0n) is 8.25. The first-order valence-electron chi connectivity index (χ1n) is 5.02. The lowest BCUT2D eigenvalue weighted by molar-refractivity contribution is 0.489. The van der Waals surface area contributed by atoms with Crippen LogP contribution in [-0.2, 0) is 6.42 Å². The van der Waals surface area contributed by atoms with Crippen LogP contribution in [0.25, 0.3) is 0 Å². The molecule has 0 bridgehead atoms. The van der Waals surface area contributed by atoms with Crippen LogP contribution < -0.4 is 5.73 Å². The van der Waals surface area contributed by atoms with Crippen molar-refractivity contribution in [2.24, 2.45) is 0 Å². The van der Waals surface area contributed by atoms with Crippen LogP contribution in [0.1, 0.15) is 44.8 Å². The summed E-state index contributed by atoms with van der Waals surface area (Å²) in [6, 6.07) is 0. The highest BCUT2D eigenvalue weighted by molar-refractivity contribution is 5.30. The number of aryl methyl sites for hydroxylation is 1. The number of nitrogens with two attached hydrogens (primary N) is 1. The molecule has 0 saturated carbocycles. The number of anilines is 1. The minimum Gasteiger partial charge on any atom is -0.446 e. The van der Waals surface area contributed by atoms with Crippen molar-refractivity contribution in [1.82, 2.24) is 4.98 Å². The van der Waals surface area contributed by atoms with Crippen molar-refractivity contribution < 1.29 is 4.42 Å². The third-order valence-electron chi connectivity index (χ3n) is 2.18. The molecule has 0 unspecified atom stereocenters. The summed E-state index contributed by atoms with van der Waals surface area (Å²) < 4.78 is 5.13. The average Bonchev–Trinajstić information content (AvgIpc) is 2.52. The molecule has 1 aromatic rings. The molecule has 0 amide bonds. The number of rotatable bonds is 6. The van der Waals surface area contributed by atoms with E-state index >= 15 is 0 Å². The number of hydrogen-bond donors (Lipinski definition) is 1. The first-order valence-corrected chi connectivity index (χ1v) is 5.02. The monoisotopic (exact) mass is 182 g/mol. The van der Waals surface area contributed by atoms with Crippen molar-refractivity contribution in [1.29, 1.82) is 0 Å². The van der Waals surface area contributed by atoms with Crippen molar-refractivity contribution in [3.8, 4) is 0 Å². The van der Waals surface area contributed by atoms with Crippen LogP contribution in [0.5, 0.6) is 0 Å². The summed E-state index contributed by atoms with van der Waals surface area (Å²) >= 11 is 0. The van der Waals surface area contributed by atoms with Crippen molar-refractivity contribution >= 4 is 5.82 Å². The average molecular weight is 182 g/mol. The Morgan fingerprint density at radius 2 is 2.08 bits per heavy atom. The topological polar surface area (TPSA) is 52.0 Å². The lowest BCUT2D eigenvalue weighted by atomic mass is 10.1. The number of unbranched alkanes of at least 4 members (excludes halogenated alkanes) is 4. The van der Waals surface area contributed by atoms with Crippen LogP contribution in [0.4, 0.5) is 5.82 Å². The predicted molar refractivity (Wildman–Crippen MR) is 53.4 cm³/mol. The first kappa shape index (κ1) is 10.1. The van der Waals surface area contributed by atoms with Gasteiger partial charge in [-0.2, -0.15) is 4.98 Å². The molecular weight excluding hydrogens is 164 g/mol. The minimum atomic E-state index is 0.551. The SMILES string of the molecule is CCCCCCCc1ocnc1N. The quantitative estimate of drug-likeness (QED) is 0.688. The van der Waals surface area contributed by atoms with Gasteiger partial charge >= 0.3 is 0 Å². The van der Waals surface area contributed by atoms with Crippen molar-refractivity contribution in [3.63, 3.8) is 0 Å². The van der Waals surface area contributed by atoms with E-state index in [1.54, 1.807) is 0 Å². The highest BCUT2D eigenvalue weighted by Crippen LogP contribution is 2.13. The number of hydrogen-bond acceptors (Lipinski definition) is 3. The Morgan fingerprint density at radius 3 is 2.69 bits per heavy atom. The molecule has 13 heavy (non-hydrogen) atoms. The predicted octanol–water partition coefficient (Wildman–Crippen LogP) is 2.77. The molecular formula is C10H18N2O. The van der Waals surface area contributed by atoms with Crippen LogP contribution in [-0.4, -0.2) is 4.98 Å². The number of nitrogens with zero attached hydrogens (tertiary/aromatic N) is 1. The van der Waals surface area contributed by atoms with E-state index in [2.05, 4.69) is 11.9 Å². The molecule has 0 fully saturated rings. The Morgan fingerprint density at radius 1 is 1.31 bits per heavy atom. The molecule has 0 radical (unpaired) electrons. The summed E-state index contributed by atoms with van der Waals surface area (Å²) in [5.74, 6) is 1.40. The van der Waals surface area contributed by atoms with Crippen LogP contribution in [0.15, 0.2) is 10.8 Å². The van der Waals surface area contributed by atoms with Gasteiger partial charge in [0.2, 0.25) is 0 Å². The molecule has 0 aliphatic carbocycles. The fourth-order valence-corrected chi connectivity index (χ4v) is 1.36. The standard InChI is InChI=1S/C10H18N2O/c1-2-3-4-5-6-7-9-10(11)12-8-13-9/h8H,2-7,11H2,1H3.